The molecule has 0 heterocycles. The van der Waals surface area contributed by atoms with Gasteiger partial charge in [-0.15, -0.1) is 0 Å². The SMILES string of the molecule is Cc1cccc(N(c2ccccc2)c2ccc3c(c2)C(C)(C)c2cc(N(C4=c5cc6ccccc6cc5=CCC4)c4ccccc4)ccc2-3)c1. The molecular formula is C48H40N2. The van der Waals surface area contributed by atoms with Gasteiger partial charge in [0.2, 0.25) is 0 Å². The van der Waals surface area contributed by atoms with Gasteiger partial charge in [-0.25, -0.2) is 0 Å². The molecule has 0 saturated carbocycles. The van der Waals surface area contributed by atoms with E-state index < -0.39 is 0 Å². The molecule has 0 spiro atoms. The molecule has 2 nitrogen and oxygen atoms in total. The molecule has 50 heavy (non-hydrogen) atoms. The highest BCUT2D eigenvalue weighted by Gasteiger charge is 2.37. The zero-order valence-corrected chi connectivity index (χ0v) is 28.9. The summed E-state index contributed by atoms with van der Waals surface area (Å²) in [5, 5.41) is 5.22. The summed E-state index contributed by atoms with van der Waals surface area (Å²) in [6.45, 7) is 6.94. The normalized spacial score (nSPS) is 14.0. The molecule has 0 N–H and O–H groups in total. The Morgan fingerprint density at radius 1 is 0.480 bits per heavy atom. The highest BCUT2D eigenvalue weighted by molar-refractivity contribution is 5.90. The van der Waals surface area contributed by atoms with E-state index in [-0.39, 0.29) is 5.41 Å². The van der Waals surface area contributed by atoms with Crippen LogP contribution in [-0.4, -0.2) is 0 Å². The van der Waals surface area contributed by atoms with E-state index in [9.17, 15) is 0 Å². The number of nitrogens with zero attached hydrogens (tertiary/aromatic N) is 2. The van der Waals surface area contributed by atoms with Crippen LogP contribution in [0.3, 0.4) is 0 Å². The van der Waals surface area contributed by atoms with Gasteiger partial charge in [0, 0.05) is 44.8 Å². The Balaban J connectivity index is 1.19. The van der Waals surface area contributed by atoms with E-state index in [0.717, 1.165) is 18.5 Å². The molecule has 9 rings (SSSR count). The fraction of sp³-hybridized carbons (Fsp3) is 0.125. The Labute approximate surface area is 294 Å². The summed E-state index contributed by atoms with van der Waals surface area (Å²) in [7, 11) is 0. The lowest BCUT2D eigenvalue weighted by atomic mass is 9.82. The Kier molecular flexibility index (Phi) is 7.21. The second kappa shape index (κ2) is 11.9. The lowest BCUT2D eigenvalue weighted by Gasteiger charge is -2.31. The average Bonchev–Trinajstić information content (AvgIpc) is 3.37. The fourth-order valence-electron chi connectivity index (χ4n) is 8.23. The first-order chi connectivity index (χ1) is 24.5. The van der Waals surface area contributed by atoms with E-state index in [0.29, 0.717) is 0 Å². The summed E-state index contributed by atoms with van der Waals surface area (Å²) in [5.74, 6) is 0. The molecule has 242 valence electrons. The standard InChI is InChI=1S/C48H40N2/c1-33-14-12-22-39(28-33)49(37-18-6-4-7-19-37)40-24-26-42-43-27-25-41(32-46(43)48(2,3)45(42)31-40)50(38-20-8-5-9-21-38)47-23-13-17-36-29-34-15-10-11-16-35(34)30-44(36)47/h4-12,14-22,24-32H,13,23H2,1-3H3. The second-order valence-electron chi connectivity index (χ2n) is 14.2. The van der Waals surface area contributed by atoms with Gasteiger partial charge in [0.25, 0.3) is 0 Å². The minimum Gasteiger partial charge on any atom is -0.314 e. The quantitative estimate of drug-likeness (QED) is 0.178. The van der Waals surface area contributed by atoms with E-state index in [4.69, 9.17) is 0 Å². The van der Waals surface area contributed by atoms with E-state index >= 15 is 0 Å². The average molecular weight is 645 g/mol. The maximum absolute atomic E-state index is 2.51. The van der Waals surface area contributed by atoms with Crippen molar-refractivity contribution in [3.8, 4) is 11.1 Å². The van der Waals surface area contributed by atoms with Gasteiger partial charge in [0.05, 0.1) is 0 Å². The van der Waals surface area contributed by atoms with E-state index in [2.05, 4.69) is 194 Å². The van der Waals surface area contributed by atoms with Crippen LogP contribution < -0.4 is 20.2 Å². The van der Waals surface area contributed by atoms with Gasteiger partial charge < -0.3 is 9.80 Å². The van der Waals surface area contributed by atoms with Gasteiger partial charge >= 0.3 is 0 Å². The molecular weight excluding hydrogens is 605 g/mol. The molecule has 2 aliphatic carbocycles. The minimum atomic E-state index is -0.187. The highest BCUT2D eigenvalue weighted by atomic mass is 15.2. The first kappa shape index (κ1) is 30.2. The second-order valence-corrected chi connectivity index (χ2v) is 14.2. The van der Waals surface area contributed by atoms with Crippen LogP contribution >= 0.6 is 0 Å². The molecule has 0 saturated heterocycles. The first-order valence-corrected chi connectivity index (χ1v) is 17.7. The number of hydrogen-bond acceptors (Lipinski definition) is 2. The predicted octanol–water partition coefficient (Wildman–Crippen LogP) is 11.4. The van der Waals surface area contributed by atoms with Crippen LogP contribution in [0.4, 0.5) is 28.4 Å². The third-order valence-electron chi connectivity index (χ3n) is 10.7. The molecule has 7 aromatic rings. The van der Waals surface area contributed by atoms with Gasteiger partial charge in [-0.1, -0.05) is 105 Å². The van der Waals surface area contributed by atoms with Crippen molar-refractivity contribution in [2.45, 2.75) is 39.0 Å². The number of anilines is 5. The third-order valence-corrected chi connectivity index (χ3v) is 10.7. The lowest BCUT2D eigenvalue weighted by Crippen LogP contribution is -2.35. The molecule has 2 heteroatoms. The van der Waals surface area contributed by atoms with Gasteiger partial charge in [-0.3, -0.25) is 0 Å². The number of benzene rings is 7. The van der Waals surface area contributed by atoms with Crippen LogP contribution in [0.15, 0.2) is 158 Å². The summed E-state index contributed by atoms with van der Waals surface area (Å²) in [4.78, 5) is 4.90. The van der Waals surface area contributed by atoms with Crippen molar-refractivity contribution in [3.05, 3.63) is 185 Å². The van der Waals surface area contributed by atoms with Crippen LogP contribution in [0.5, 0.6) is 0 Å². The molecule has 2 aliphatic rings. The van der Waals surface area contributed by atoms with E-state index in [1.165, 1.54) is 77.5 Å². The van der Waals surface area contributed by atoms with Gasteiger partial charge in [-0.2, -0.15) is 0 Å². The maximum Gasteiger partial charge on any atom is 0.0465 e. The number of aryl methyl sites for hydroxylation is 1. The number of hydrogen-bond donors (Lipinski definition) is 0. The van der Waals surface area contributed by atoms with Gasteiger partial charge in [0.15, 0.2) is 0 Å². The van der Waals surface area contributed by atoms with Crippen LogP contribution in [0, 0.1) is 6.92 Å². The van der Waals surface area contributed by atoms with Crippen LogP contribution in [0.25, 0.3) is 33.7 Å². The molecule has 0 atom stereocenters. The largest absolute Gasteiger partial charge is 0.314 e. The van der Waals surface area contributed by atoms with Gasteiger partial charge in [-0.05, 0) is 136 Å². The van der Waals surface area contributed by atoms with Crippen LogP contribution in [0.1, 0.15) is 43.4 Å². The first-order valence-electron chi connectivity index (χ1n) is 17.7. The Hall–Kier alpha value is -5.86. The third kappa shape index (κ3) is 5.02. The lowest BCUT2D eigenvalue weighted by molar-refractivity contribution is 0.660. The van der Waals surface area contributed by atoms with Crippen molar-refractivity contribution >= 4 is 51.0 Å². The fourth-order valence-corrected chi connectivity index (χ4v) is 8.23. The smallest absolute Gasteiger partial charge is 0.0465 e. The zero-order valence-electron chi connectivity index (χ0n) is 28.9. The van der Waals surface area contributed by atoms with E-state index in [1.807, 2.05) is 0 Å². The molecule has 0 radical (unpaired) electrons. The molecule has 7 aromatic carbocycles. The Morgan fingerprint density at radius 3 is 1.66 bits per heavy atom. The highest BCUT2D eigenvalue weighted by Crippen LogP contribution is 2.52. The molecule has 0 unspecified atom stereocenters. The van der Waals surface area contributed by atoms with Crippen LogP contribution in [0.2, 0.25) is 0 Å². The predicted molar refractivity (Wildman–Crippen MR) is 212 cm³/mol. The van der Waals surface area contributed by atoms with E-state index in [1.54, 1.807) is 0 Å². The molecule has 0 bridgehead atoms. The Bertz CT molecular complexity index is 2530. The monoisotopic (exact) mass is 644 g/mol. The summed E-state index contributed by atoms with van der Waals surface area (Å²) < 4.78 is 0. The zero-order chi connectivity index (χ0) is 33.8. The van der Waals surface area contributed by atoms with Crippen molar-refractivity contribution in [2.24, 2.45) is 0 Å². The molecule has 0 amide bonds. The minimum absolute atomic E-state index is 0.187. The number of para-hydroxylation sites is 2. The van der Waals surface area contributed by atoms with Crippen molar-refractivity contribution in [2.75, 3.05) is 9.80 Å². The molecule has 0 aromatic heterocycles. The van der Waals surface area contributed by atoms with Crippen molar-refractivity contribution in [3.63, 3.8) is 0 Å². The van der Waals surface area contributed by atoms with Crippen molar-refractivity contribution in [1.29, 1.82) is 0 Å². The summed E-state index contributed by atoms with van der Waals surface area (Å²) in [6, 6.07) is 58.1. The number of rotatable bonds is 6. The summed E-state index contributed by atoms with van der Waals surface area (Å²) in [6.07, 6.45) is 4.41. The van der Waals surface area contributed by atoms with Crippen molar-refractivity contribution in [1.82, 2.24) is 0 Å². The molecule has 0 fully saturated rings. The topological polar surface area (TPSA) is 6.48 Å². The van der Waals surface area contributed by atoms with Gasteiger partial charge in [0.1, 0.15) is 0 Å². The molecule has 0 aliphatic heterocycles. The van der Waals surface area contributed by atoms with Crippen molar-refractivity contribution < 1.29 is 0 Å². The van der Waals surface area contributed by atoms with Crippen LogP contribution in [-0.2, 0) is 5.41 Å². The Morgan fingerprint density at radius 2 is 1.02 bits per heavy atom. The maximum atomic E-state index is 2.51. The summed E-state index contributed by atoms with van der Waals surface area (Å²) in [5.41, 5.74) is 13.7. The number of fused-ring (bicyclic) bond motifs is 5. The summed E-state index contributed by atoms with van der Waals surface area (Å²) >= 11 is 0.